The van der Waals surface area contributed by atoms with Crippen molar-refractivity contribution in [2.75, 3.05) is 0 Å². The maximum atomic E-state index is 5.38. The molecular weight excluding hydrogens is 1670 g/mol. The highest BCUT2D eigenvalue weighted by molar-refractivity contribution is 6.01. The zero-order valence-electron chi connectivity index (χ0n) is 85.0. The molecule has 0 unspecified atom stereocenters. The summed E-state index contributed by atoms with van der Waals surface area (Å²) in [6, 6.07) is 113. The molecule has 6 nitrogen and oxygen atoms in total. The Hall–Kier alpha value is -13.7. The van der Waals surface area contributed by atoms with E-state index in [2.05, 4.69) is 488 Å². The quantitative estimate of drug-likeness (QED) is 0.0959. The van der Waals surface area contributed by atoms with Gasteiger partial charge in [-0.2, -0.15) is 0 Å². The van der Waals surface area contributed by atoms with Gasteiger partial charge in [0.05, 0.1) is 22.8 Å². The lowest BCUT2D eigenvalue weighted by atomic mass is 9.59. The van der Waals surface area contributed by atoms with Crippen molar-refractivity contribution >= 4 is 0 Å². The van der Waals surface area contributed by atoms with Crippen LogP contribution < -0.4 is 0 Å². The second kappa shape index (κ2) is 31.9. The molecule has 4 aliphatic rings. The standard InChI is InChI=1S/C132H128N6/c1-121(2)107-57-49-82(71-111(107)125(9,10)129(121,17)18)115-61-53-86(75-133-115)97-39-28-32-43-101(97)90-65-91(102-44-33-29-40-98(102)87-54-62-116(134-76-87)83-50-58-108-112(72-83)126(11,12)130(19,20)122(108,3)4)68-94(67-90)105-47-36-48-106(119(105)96-79-137-120(138-80-96)81-37-26-25-27-38-81)95-69-92(103-45-34-30-41-99(103)88-55-63-117(135-77-88)84-51-59-109-113(73-84)127(13,14)131(21,22)123(109,5)6)66-93(70-95)104-46-35-31-42-100(104)89-56-64-118(136-78-89)85-52-60-110-114(74-85)128(15,16)132(23,24)124(110,7)8/h25-80H,1-24H3. The van der Waals surface area contributed by atoms with Crippen LogP contribution in [0.5, 0.6) is 0 Å². The summed E-state index contributed by atoms with van der Waals surface area (Å²) in [5.74, 6) is 0.644. The van der Waals surface area contributed by atoms with Crippen molar-refractivity contribution in [1.82, 2.24) is 29.9 Å². The lowest BCUT2D eigenvalue weighted by Gasteiger charge is -2.44. The van der Waals surface area contributed by atoms with Crippen LogP contribution in [0.4, 0.5) is 0 Å². The van der Waals surface area contributed by atoms with Gasteiger partial charge in [0, 0.05) is 98.4 Å². The Morgan fingerprint density at radius 2 is 0.333 bits per heavy atom. The molecule has 0 bridgehead atoms. The molecule has 0 fully saturated rings. The average Bonchev–Trinajstić information content (AvgIpc) is 1.55. The van der Waals surface area contributed by atoms with E-state index in [0.717, 1.165) is 173 Å². The number of hydrogen-bond donors (Lipinski definition) is 0. The van der Waals surface area contributed by atoms with Crippen LogP contribution in [0.15, 0.2) is 340 Å². The molecule has 0 spiro atoms. The maximum absolute atomic E-state index is 5.38. The van der Waals surface area contributed by atoms with E-state index < -0.39 is 0 Å². The molecule has 0 saturated heterocycles. The molecule has 686 valence electrons. The zero-order valence-corrected chi connectivity index (χ0v) is 85.0. The van der Waals surface area contributed by atoms with E-state index in [9.17, 15) is 0 Å². The fourth-order valence-corrected chi connectivity index (χ4v) is 24.4. The van der Waals surface area contributed by atoms with Gasteiger partial charge in [-0.3, -0.25) is 19.9 Å². The lowest BCUT2D eigenvalue weighted by Crippen LogP contribution is -2.42. The molecule has 138 heavy (non-hydrogen) atoms. The van der Waals surface area contributed by atoms with Crippen LogP contribution in [0.25, 0.3) is 179 Å². The fraction of sp³-hybridized carbons (Fsp3) is 0.273. The average molecular weight is 1800 g/mol. The van der Waals surface area contributed by atoms with E-state index in [4.69, 9.17) is 29.9 Å². The molecule has 12 aromatic carbocycles. The molecule has 0 saturated carbocycles. The third kappa shape index (κ3) is 13.7. The summed E-state index contributed by atoms with van der Waals surface area (Å²) in [7, 11) is 0. The predicted octanol–water partition coefficient (Wildman–Crippen LogP) is 35.1. The Bertz CT molecular complexity index is 6930. The molecule has 6 heteroatoms. The van der Waals surface area contributed by atoms with E-state index >= 15 is 0 Å². The first-order valence-electron chi connectivity index (χ1n) is 49.6. The lowest BCUT2D eigenvalue weighted by molar-refractivity contribution is 0.125. The van der Waals surface area contributed by atoms with Crippen molar-refractivity contribution in [2.24, 2.45) is 21.7 Å². The minimum atomic E-state index is -0.0541. The number of fused-ring (bicyclic) bond motifs is 4. The van der Waals surface area contributed by atoms with Gasteiger partial charge >= 0.3 is 0 Å². The molecule has 4 aliphatic carbocycles. The first kappa shape index (κ1) is 90.8. The third-order valence-corrected chi connectivity index (χ3v) is 37.9. The Balaban J connectivity index is 0.751. The highest BCUT2D eigenvalue weighted by Gasteiger charge is 2.61. The van der Waals surface area contributed by atoms with Crippen LogP contribution in [0, 0.1) is 21.7 Å². The molecule has 0 radical (unpaired) electrons. The van der Waals surface area contributed by atoms with Crippen molar-refractivity contribution < 1.29 is 0 Å². The Labute approximate surface area is 819 Å². The summed E-state index contributed by atoms with van der Waals surface area (Å²) < 4.78 is 0. The van der Waals surface area contributed by atoms with Crippen molar-refractivity contribution in [2.45, 2.75) is 209 Å². The van der Waals surface area contributed by atoms with E-state index in [0.29, 0.717) is 5.82 Å². The van der Waals surface area contributed by atoms with Gasteiger partial charge in [0.25, 0.3) is 0 Å². The van der Waals surface area contributed by atoms with Crippen LogP contribution >= 0.6 is 0 Å². The second-order valence-corrected chi connectivity index (χ2v) is 46.4. The number of rotatable bonds is 16. The van der Waals surface area contributed by atoms with Gasteiger partial charge in [0.15, 0.2) is 5.82 Å². The molecule has 5 aromatic heterocycles. The van der Waals surface area contributed by atoms with Crippen molar-refractivity contribution in [3.05, 3.63) is 385 Å². The normalized spacial score (nSPS) is 17.7. The van der Waals surface area contributed by atoms with Crippen LogP contribution in [0.1, 0.15) is 211 Å². The predicted molar refractivity (Wildman–Crippen MR) is 580 cm³/mol. The highest BCUT2D eigenvalue weighted by Crippen LogP contribution is 2.67. The van der Waals surface area contributed by atoms with Crippen LogP contribution in [0.2, 0.25) is 0 Å². The summed E-state index contributed by atoms with van der Waals surface area (Å²) >= 11 is 0. The summed E-state index contributed by atoms with van der Waals surface area (Å²) in [5.41, 5.74) is 43.1. The van der Waals surface area contributed by atoms with Crippen molar-refractivity contribution in [3.63, 3.8) is 0 Å². The molecule has 0 N–H and O–H groups in total. The molecule has 0 amide bonds. The SMILES string of the molecule is CC1(C)c2ccc(-c3ccc(-c4ccccc4-c4cc(-c5ccccc5-c5ccc(-c6ccc7c(c6)C(C)(C)C(C)(C)C7(C)C)nc5)cc(-c5cccc(-c6cc(-c7ccccc7-c7ccc(-c8ccc9c(c8)C(C)(C)C(C)(C)C9(C)C)nc7)cc(-c7ccccc7-c7ccc(-c8ccc9c(c8)C(C)(C)C(C)(C)C9(C)C)nc7)c6)c5-c5cnc(-c6ccccc6)nc5)c4)cn3)cc2C(C)(C)C1(C)C. The van der Waals surface area contributed by atoms with Gasteiger partial charge in [-0.1, -0.05) is 385 Å². The first-order valence-corrected chi connectivity index (χ1v) is 49.6. The topological polar surface area (TPSA) is 77.3 Å². The van der Waals surface area contributed by atoms with Gasteiger partial charge in [-0.25, -0.2) is 9.97 Å². The first-order chi connectivity index (χ1) is 65.5. The minimum absolute atomic E-state index is 0.00622. The van der Waals surface area contributed by atoms with E-state index in [1.165, 1.54) is 44.5 Å². The van der Waals surface area contributed by atoms with E-state index in [1.807, 2.05) is 18.5 Å². The number of aromatic nitrogens is 6. The highest BCUT2D eigenvalue weighted by atomic mass is 14.9. The molecule has 17 aromatic rings. The van der Waals surface area contributed by atoms with Crippen LogP contribution in [-0.4, -0.2) is 29.9 Å². The summed E-state index contributed by atoms with van der Waals surface area (Å²) in [4.78, 5) is 32.2. The Morgan fingerprint density at radius 1 is 0.138 bits per heavy atom. The third-order valence-electron chi connectivity index (χ3n) is 37.9. The number of nitrogens with zero attached hydrogens (tertiary/aromatic N) is 6. The van der Waals surface area contributed by atoms with Crippen molar-refractivity contribution in [3.8, 4) is 179 Å². The Morgan fingerprint density at radius 3 is 0.565 bits per heavy atom. The van der Waals surface area contributed by atoms with Gasteiger partial charge in [0.2, 0.25) is 0 Å². The molecular formula is C132H128N6. The van der Waals surface area contributed by atoms with E-state index in [1.54, 1.807) is 0 Å². The largest absolute Gasteiger partial charge is 0.256 e. The minimum Gasteiger partial charge on any atom is -0.256 e. The van der Waals surface area contributed by atoms with Gasteiger partial charge in [0.1, 0.15) is 0 Å². The van der Waals surface area contributed by atoms with Crippen LogP contribution in [0.3, 0.4) is 0 Å². The summed E-state index contributed by atoms with van der Waals surface area (Å²) in [5, 5.41) is 0. The fourth-order valence-electron chi connectivity index (χ4n) is 24.4. The number of hydrogen-bond acceptors (Lipinski definition) is 6. The second-order valence-electron chi connectivity index (χ2n) is 46.4. The number of pyridine rings is 4. The molecule has 0 atom stereocenters. The zero-order chi connectivity index (χ0) is 96.9. The van der Waals surface area contributed by atoms with Gasteiger partial charge in [-0.05, 0) is 283 Å². The number of benzene rings is 12. The molecule has 5 heterocycles. The monoisotopic (exact) mass is 1800 g/mol. The van der Waals surface area contributed by atoms with Crippen LogP contribution in [-0.2, 0) is 43.3 Å². The van der Waals surface area contributed by atoms with Gasteiger partial charge in [-0.15, -0.1) is 0 Å². The molecule has 0 aliphatic heterocycles. The maximum Gasteiger partial charge on any atom is 0.159 e. The summed E-state index contributed by atoms with van der Waals surface area (Å²) in [6.45, 7) is 58.0. The molecule has 21 rings (SSSR count). The summed E-state index contributed by atoms with van der Waals surface area (Å²) in [6.07, 6.45) is 12.4. The van der Waals surface area contributed by atoms with Crippen molar-refractivity contribution in [1.29, 1.82) is 0 Å². The smallest absolute Gasteiger partial charge is 0.159 e. The van der Waals surface area contributed by atoms with E-state index in [-0.39, 0.29) is 65.0 Å². The van der Waals surface area contributed by atoms with Gasteiger partial charge < -0.3 is 0 Å². The Kier molecular flexibility index (Phi) is 21.0.